The van der Waals surface area contributed by atoms with Crippen LogP contribution in [0, 0.1) is 5.41 Å². The lowest BCUT2D eigenvalue weighted by Gasteiger charge is -2.59. The van der Waals surface area contributed by atoms with Crippen LogP contribution in [0.3, 0.4) is 0 Å². The minimum absolute atomic E-state index is 0.273. The maximum atomic E-state index is 10.6. The van der Waals surface area contributed by atoms with Crippen molar-refractivity contribution in [2.45, 2.75) is 0 Å². The van der Waals surface area contributed by atoms with Gasteiger partial charge in [-0.2, -0.15) is 0 Å². The van der Waals surface area contributed by atoms with Gasteiger partial charge in [0.15, 0.2) is 0 Å². The van der Waals surface area contributed by atoms with Crippen molar-refractivity contribution in [3.63, 3.8) is 0 Å². The number of rotatable bonds is 0. The fourth-order valence-corrected chi connectivity index (χ4v) is 2.22. The molecular formula is C7H13N3O. The van der Waals surface area contributed by atoms with Gasteiger partial charge in [0.25, 0.3) is 0 Å². The zero-order valence-corrected chi connectivity index (χ0v) is 6.71. The average molecular weight is 155 g/mol. The first-order chi connectivity index (χ1) is 5.11. The number of hydrogen-bond acceptors (Lipinski definition) is 2. The fraction of sp³-hybridized carbons (Fsp3) is 0.857. The third kappa shape index (κ3) is 0.894. The van der Waals surface area contributed by atoms with Gasteiger partial charge in [0.05, 0.1) is 0 Å². The molecule has 2 aliphatic heterocycles. The Morgan fingerprint density at radius 2 is 1.91 bits per heavy atom. The molecule has 0 bridgehead atoms. The first-order valence-electron chi connectivity index (χ1n) is 3.84. The summed E-state index contributed by atoms with van der Waals surface area (Å²) in [5.74, 6) is 0. The molecule has 2 N–H and O–H groups in total. The molecule has 62 valence electrons. The van der Waals surface area contributed by atoms with Crippen molar-refractivity contribution in [2.24, 2.45) is 11.1 Å². The highest BCUT2D eigenvalue weighted by Gasteiger charge is 2.51. The first-order valence-corrected chi connectivity index (χ1v) is 3.84. The number of urea groups is 1. The summed E-state index contributed by atoms with van der Waals surface area (Å²) in [4.78, 5) is 14.6. The van der Waals surface area contributed by atoms with Crippen molar-refractivity contribution in [1.29, 1.82) is 0 Å². The maximum absolute atomic E-state index is 10.6. The molecule has 0 radical (unpaired) electrons. The van der Waals surface area contributed by atoms with Crippen LogP contribution in [0.5, 0.6) is 0 Å². The minimum Gasteiger partial charge on any atom is -0.351 e. The highest BCUT2D eigenvalue weighted by Crippen LogP contribution is 2.38. The van der Waals surface area contributed by atoms with Gasteiger partial charge in [-0.3, -0.25) is 0 Å². The molecule has 0 unspecified atom stereocenters. The van der Waals surface area contributed by atoms with Gasteiger partial charge in [-0.05, 0) is 7.05 Å². The molecule has 0 aromatic heterocycles. The third-order valence-corrected chi connectivity index (χ3v) is 2.57. The molecule has 2 rings (SSSR count). The van der Waals surface area contributed by atoms with Crippen molar-refractivity contribution < 1.29 is 4.79 Å². The largest absolute Gasteiger partial charge is 0.351 e. The zero-order valence-electron chi connectivity index (χ0n) is 6.71. The van der Waals surface area contributed by atoms with E-state index in [1.54, 1.807) is 4.90 Å². The van der Waals surface area contributed by atoms with Crippen molar-refractivity contribution in [3.8, 4) is 0 Å². The molecule has 0 saturated carbocycles. The number of carbonyl (C=O) groups is 1. The Morgan fingerprint density at radius 1 is 1.36 bits per heavy atom. The van der Waals surface area contributed by atoms with Crippen LogP contribution in [0.4, 0.5) is 4.79 Å². The van der Waals surface area contributed by atoms with E-state index in [0.717, 1.165) is 26.2 Å². The van der Waals surface area contributed by atoms with Crippen LogP contribution < -0.4 is 5.73 Å². The lowest BCUT2D eigenvalue weighted by molar-refractivity contribution is -0.0814. The summed E-state index contributed by atoms with van der Waals surface area (Å²) in [6, 6.07) is -0.273. The summed E-state index contributed by atoms with van der Waals surface area (Å²) in [6.45, 7) is 3.98. The molecule has 1 spiro atoms. The predicted octanol–water partition coefficient (Wildman–Crippen LogP) is -0.688. The van der Waals surface area contributed by atoms with Crippen LogP contribution in [0.2, 0.25) is 0 Å². The summed E-state index contributed by atoms with van der Waals surface area (Å²) in [6.07, 6.45) is 0. The van der Waals surface area contributed by atoms with E-state index >= 15 is 0 Å². The quantitative estimate of drug-likeness (QED) is 0.503. The molecule has 11 heavy (non-hydrogen) atoms. The first kappa shape index (κ1) is 6.91. The van der Waals surface area contributed by atoms with Crippen molar-refractivity contribution >= 4 is 6.03 Å². The molecule has 0 aliphatic carbocycles. The number of nitrogens with zero attached hydrogens (tertiary/aromatic N) is 2. The Hall–Kier alpha value is -0.770. The van der Waals surface area contributed by atoms with Gasteiger partial charge in [0.2, 0.25) is 0 Å². The maximum Gasteiger partial charge on any atom is 0.314 e. The second-order valence-electron chi connectivity index (χ2n) is 3.87. The number of hydrogen-bond donors (Lipinski definition) is 1. The molecule has 0 aromatic rings. The van der Waals surface area contributed by atoms with Crippen LogP contribution in [0.25, 0.3) is 0 Å². The Kier molecular flexibility index (Phi) is 1.18. The van der Waals surface area contributed by atoms with E-state index in [0.29, 0.717) is 5.41 Å². The van der Waals surface area contributed by atoms with Crippen LogP contribution in [0.1, 0.15) is 0 Å². The molecular weight excluding hydrogens is 142 g/mol. The average Bonchev–Trinajstić information content (AvgIpc) is 1.73. The van der Waals surface area contributed by atoms with E-state index in [9.17, 15) is 4.79 Å². The zero-order chi connectivity index (χ0) is 8.06. The topological polar surface area (TPSA) is 49.6 Å². The van der Waals surface area contributed by atoms with E-state index in [1.807, 2.05) is 0 Å². The van der Waals surface area contributed by atoms with E-state index in [-0.39, 0.29) is 6.03 Å². The van der Waals surface area contributed by atoms with Crippen molar-refractivity contribution in [2.75, 3.05) is 33.2 Å². The normalized spacial score (nSPS) is 27.9. The van der Waals surface area contributed by atoms with Crippen LogP contribution in [-0.4, -0.2) is 49.1 Å². The second-order valence-corrected chi connectivity index (χ2v) is 3.87. The van der Waals surface area contributed by atoms with Crippen molar-refractivity contribution in [3.05, 3.63) is 0 Å². The Labute approximate surface area is 65.9 Å². The van der Waals surface area contributed by atoms with E-state index in [2.05, 4.69) is 11.9 Å². The van der Waals surface area contributed by atoms with Crippen LogP contribution in [-0.2, 0) is 0 Å². The number of primary amides is 1. The molecule has 2 amide bonds. The number of carbonyl (C=O) groups excluding carboxylic acids is 1. The van der Waals surface area contributed by atoms with E-state index < -0.39 is 0 Å². The lowest BCUT2D eigenvalue weighted by Crippen LogP contribution is -2.72. The Balaban J connectivity index is 1.84. The van der Waals surface area contributed by atoms with Gasteiger partial charge < -0.3 is 15.5 Å². The molecule has 0 atom stereocenters. The van der Waals surface area contributed by atoms with Gasteiger partial charge in [-0.15, -0.1) is 0 Å². The standard InChI is InChI=1S/C7H13N3O/c1-9-2-7(3-9)4-10(5-7)6(8)11/h2-5H2,1H3,(H2,8,11). The third-order valence-electron chi connectivity index (χ3n) is 2.57. The summed E-state index contributed by atoms with van der Waals surface area (Å²) in [7, 11) is 2.10. The smallest absolute Gasteiger partial charge is 0.314 e. The molecule has 4 heteroatoms. The molecule has 2 heterocycles. The van der Waals surface area contributed by atoms with Gasteiger partial charge in [-0.25, -0.2) is 4.79 Å². The molecule has 2 saturated heterocycles. The van der Waals surface area contributed by atoms with E-state index in [1.165, 1.54) is 0 Å². The minimum atomic E-state index is -0.273. The molecule has 0 aromatic carbocycles. The number of amides is 2. The molecule has 2 aliphatic rings. The number of nitrogens with two attached hydrogens (primary N) is 1. The van der Waals surface area contributed by atoms with E-state index in [4.69, 9.17) is 5.73 Å². The van der Waals surface area contributed by atoms with Gasteiger partial charge in [0, 0.05) is 31.6 Å². The van der Waals surface area contributed by atoms with Gasteiger partial charge in [-0.1, -0.05) is 0 Å². The number of likely N-dealkylation sites (tertiary alicyclic amines) is 2. The highest BCUT2D eigenvalue weighted by atomic mass is 16.2. The second kappa shape index (κ2) is 1.88. The molecule has 4 nitrogen and oxygen atoms in total. The Morgan fingerprint density at radius 3 is 2.27 bits per heavy atom. The van der Waals surface area contributed by atoms with Crippen LogP contribution >= 0.6 is 0 Å². The van der Waals surface area contributed by atoms with Crippen LogP contribution in [0.15, 0.2) is 0 Å². The summed E-state index contributed by atoms with van der Waals surface area (Å²) in [5.41, 5.74) is 5.53. The van der Waals surface area contributed by atoms with Gasteiger partial charge in [0.1, 0.15) is 0 Å². The highest BCUT2D eigenvalue weighted by molar-refractivity contribution is 5.73. The SMILES string of the molecule is CN1CC2(C1)CN(C(N)=O)C2. The predicted molar refractivity (Wildman–Crippen MR) is 41.1 cm³/mol. The fourth-order valence-electron chi connectivity index (χ4n) is 2.22. The monoisotopic (exact) mass is 155 g/mol. The van der Waals surface area contributed by atoms with Crippen molar-refractivity contribution in [1.82, 2.24) is 9.80 Å². The lowest BCUT2D eigenvalue weighted by atomic mass is 9.73. The molecule has 2 fully saturated rings. The summed E-state index contributed by atoms with van der Waals surface area (Å²) in [5, 5.41) is 0. The Bertz CT molecular complexity index is 190. The van der Waals surface area contributed by atoms with Gasteiger partial charge >= 0.3 is 6.03 Å². The summed E-state index contributed by atoms with van der Waals surface area (Å²) < 4.78 is 0. The summed E-state index contributed by atoms with van der Waals surface area (Å²) >= 11 is 0.